The topological polar surface area (TPSA) is 107 Å². The molecule has 16 heteroatoms. The molecule has 0 bridgehead atoms. The predicted octanol–water partition coefficient (Wildman–Crippen LogP) is 3.72. The van der Waals surface area contributed by atoms with Crippen molar-refractivity contribution in [3.8, 4) is 0 Å². The van der Waals surface area contributed by atoms with Crippen molar-refractivity contribution in [3.63, 3.8) is 0 Å². The number of aliphatic carboxylic acids is 2. The molecule has 2 N–H and O–H groups in total. The van der Waals surface area contributed by atoms with Gasteiger partial charge in [0.05, 0.1) is 0 Å². The zero-order valence-corrected chi connectivity index (χ0v) is 18.2. The minimum absolute atomic E-state index is 0.646. The van der Waals surface area contributed by atoms with E-state index in [1.165, 1.54) is 24.3 Å². The van der Waals surface area contributed by atoms with Crippen molar-refractivity contribution in [2.24, 2.45) is 0 Å². The van der Waals surface area contributed by atoms with Gasteiger partial charge < -0.3 is 15.1 Å². The van der Waals surface area contributed by atoms with E-state index < -0.39 is 24.3 Å². The normalized spacial score (nSPS) is 20.4. The van der Waals surface area contributed by atoms with E-state index in [-0.39, 0.29) is 0 Å². The molecule has 8 nitrogen and oxygen atoms in total. The van der Waals surface area contributed by atoms with Crippen molar-refractivity contribution in [2.45, 2.75) is 43.8 Å². The van der Waals surface area contributed by atoms with Gasteiger partial charge in [0.25, 0.3) is 0 Å². The van der Waals surface area contributed by atoms with Crippen LogP contribution in [0.15, 0.2) is 23.0 Å². The summed E-state index contributed by atoms with van der Waals surface area (Å²) in [5.41, 5.74) is 1.83. The molecule has 0 aromatic carbocycles. The number of carboxylic acids is 2. The van der Waals surface area contributed by atoms with E-state index in [4.69, 9.17) is 19.8 Å². The number of rotatable bonds is 3. The highest BCUT2D eigenvalue weighted by atomic mass is 32.1. The minimum Gasteiger partial charge on any atom is -0.475 e. The number of likely N-dealkylation sites (tertiary alicyclic amines) is 1. The Morgan fingerprint density at radius 1 is 1.00 bits per heavy atom. The fourth-order valence-electron chi connectivity index (χ4n) is 3.40. The second-order valence-corrected chi connectivity index (χ2v) is 8.63. The third-order valence-corrected chi connectivity index (χ3v) is 6.30. The van der Waals surface area contributed by atoms with Crippen LogP contribution in [0.2, 0.25) is 0 Å². The molecule has 2 aliphatic rings. The molecule has 4 heterocycles. The molecule has 0 amide bonds. The molecule has 33 heavy (non-hydrogen) atoms. The van der Waals surface area contributed by atoms with Gasteiger partial charge in [0.2, 0.25) is 5.13 Å². The van der Waals surface area contributed by atoms with Gasteiger partial charge in [0.15, 0.2) is 0 Å². The monoisotopic (exact) mass is 520 g/mol. The lowest BCUT2D eigenvalue weighted by molar-refractivity contribution is -0.193. The first-order chi connectivity index (χ1) is 15.3. The summed E-state index contributed by atoms with van der Waals surface area (Å²) >= 11 is 3.53. The summed E-state index contributed by atoms with van der Waals surface area (Å²) in [7, 11) is 0. The quantitative estimate of drug-likeness (QED) is 0.590. The lowest BCUT2D eigenvalue weighted by atomic mass is 10.1. The predicted molar refractivity (Wildman–Crippen MR) is 106 cm³/mol. The van der Waals surface area contributed by atoms with Crippen LogP contribution in [0.1, 0.15) is 17.7 Å². The van der Waals surface area contributed by atoms with E-state index >= 15 is 0 Å². The lowest BCUT2D eigenvalue weighted by Gasteiger charge is -2.24. The van der Waals surface area contributed by atoms with Crippen molar-refractivity contribution < 1.29 is 46.1 Å². The van der Waals surface area contributed by atoms with Crippen molar-refractivity contribution in [2.75, 3.05) is 18.0 Å². The maximum absolute atomic E-state index is 10.6. The SMILES string of the molecule is O=C(O)C(F)(F)F.O=C(O)C(F)(F)F.c1csc(CN2CC[C@H]3[C@H]2CCN3c2nncs2)c1. The van der Waals surface area contributed by atoms with Gasteiger partial charge in [-0.25, -0.2) is 9.59 Å². The van der Waals surface area contributed by atoms with Crippen LogP contribution in [-0.4, -0.2) is 74.8 Å². The molecule has 0 spiro atoms. The summed E-state index contributed by atoms with van der Waals surface area (Å²) in [6.07, 6.45) is -7.65. The number of anilines is 1. The minimum atomic E-state index is -5.08. The molecule has 0 aliphatic carbocycles. The van der Waals surface area contributed by atoms with Crippen molar-refractivity contribution in [3.05, 3.63) is 27.9 Å². The van der Waals surface area contributed by atoms with Crippen LogP contribution in [0, 0.1) is 0 Å². The zero-order valence-electron chi connectivity index (χ0n) is 16.6. The molecule has 184 valence electrons. The number of aromatic nitrogens is 2. The van der Waals surface area contributed by atoms with Crippen LogP contribution in [0.5, 0.6) is 0 Å². The second kappa shape index (κ2) is 11.1. The third kappa shape index (κ3) is 7.82. The van der Waals surface area contributed by atoms with E-state index in [2.05, 4.69) is 37.5 Å². The van der Waals surface area contributed by atoms with Crippen LogP contribution >= 0.6 is 22.7 Å². The highest BCUT2D eigenvalue weighted by Crippen LogP contribution is 2.36. The largest absolute Gasteiger partial charge is 0.490 e. The molecular weight excluding hydrogens is 502 g/mol. The van der Waals surface area contributed by atoms with Gasteiger partial charge in [0.1, 0.15) is 5.51 Å². The fraction of sp³-hybridized carbons (Fsp3) is 0.529. The highest BCUT2D eigenvalue weighted by Gasteiger charge is 2.43. The van der Waals surface area contributed by atoms with Gasteiger partial charge in [0, 0.05) is 36.6 Å². The summed E-state index contributed by atoms with van der Waals surface area (Å²) in [4.78, 5) is 24.4. The molecule has 2 atom stereocenters. The van der Waals surface area contributed by atoms with E-state index in [1.807, 2.05) is 16.8 Å². The van der Waals surface area contributed by atoms with E-state index in [0.717, 1.165) is 18.2 Å². The Morgan fingerprint density at radius 2 is 1.58 bits per heavy atom. The maximum atomic E-state index is 10.6. The van der Waals surface area contributed by atoms with Crippen LogP contribution in [0.25, 0.3) is 0 Å². The zero-order chi connectivity index (χ0) is 24.8. The highest BCUT2D eigenvalue weighted by molar-refractivity contribution is 7.13. The number of thiophene rings is 1. The standard InChI is InChI=1S/C13H16N4S2.2C2HF3O2/c1-2-10(18-7-1)8-16-5-3-12-11(16)4-6-17(12)13-15-14-9-19-13;2*3-2(4,5)1(6)7/h1-2,7,9,11-12H,3-6,8H2;2*(H,6,7)/t11-,12+;;/m1../s1. The van der Waals surface area contributed by atoms with Gasteiger partial charge in [-0.1, -0.05) is 17.4 Å². The number of nitrogens with zero attached hydrogens (tertiary/aromatic N) is 4. The van der Waals surface area contributed by atoms with Gasteiger partial charge >= 0.3 is 24.3 Å². The lowest BCUT2D eigenvalue weighted by Crippen LogP contribution is -2.36. The van der Waals surface area contributed by atoms with Gasteiger partial charge in [-0.05, 0) is 24.3 Å². The summed E-state index contributed by atoms with van der Waals surface area (Å²) < 4.78 is 63.5. The Labute approximate surface area is 191 Å². The fourth-order valence-corrected chi connectivity index (χ4v) is 4.78. The third-order valence-electron chi connectivity index (χ3n) is 4.71. The number of halogens is 6. The van der Waals surface area contributed by atoms with Crippen LogP contribution < -0.4 is 4.90 Å². The van der Waals surface area contributed by atoms with Gasteiger partial charge in [-0.2, -0.15) is 26.3 Å². The Morgan fingerprint density at radius 3 is 2.03 bits per heavy atom. The van der Waals surface area contributed by atoms with Crippen molar-refractivity contribution >= 4 is 39.7 Å². The Hall–Kier alpha value is -2.46. The molecule has 2 saturated heterocycles. The number of hydrogen-bond acceptors (Lipinski definition) is 8. The van der Waals surface area contributed by atoms with Crippen LogP contribution in [0.4, 0.5) is 31.5 Å². The molecule has 0 saturated carbocycles. The smallest absolute Gasteiger partial charge is 0.475 e. The average molecular weight is 520 g/mol. The van der Waals surface area contributed by atoms with E-state index in [1.54, 1.807) is 11.3 Å². The molecule has 0 unspecified atom stereocenters. The number of carbonyl (C=O) groups is 2. The molecule has 2 fully saturated rings. The molecule has 2 aromatic rings. The van der Waals surface area contributed by atoms with Crippen molar-refractivity contribution in [1.82, 2.24) is 15.1 Å². The number of hydrogen-bond donors (Lipinski definition) is 2. The van der Waals surface area contributed by atoms with Crippen LogP contribution in [0.3, 0.4) is 0 Å². The van der Waals surface area contributed by atoms with Gasteiger partial charge in [-0.15, -0.1) is 21.5 Å². The second-order valence-electron chi connectivity index (χ2n) is 6.78. The summed E-state index contributed by atoms with van der Waals surface area (Å²) in [5, 5.41) is 25.7. The Balaban J connectivity index is 0.000000230. The number of fused-ring (bicyclic) bond motifs is 1. The first-order valence-electron chi connectivity index (χ1n) is 9.20. The molecule has 0 radical (unpaired) electrons. The maximum Gasteiger partial charge on any atom is 0.490 e. The summed E-state index contributed by atoms with van der Waals surface area (Å²) in [6, 6.07) is 5.74. The van der Waals surface area contributed by atoms with E-state index in [0.29, 0.717) is 12.1 Å². The average Bonchev–Trinajstić information content (AvgIpc) is 3.49. The molecular formula is C17H18F6N4O4S2. The first kappa shape index (κ1) is 26.8. The van der Waals surface area contributed by atoms with E-state index in [9.17, 15) is 26.3 Å². The van der Waals surface area contributed by atoms with Gasteiger partial charge in [-0.3, -0.25) is 4.90 Å². The van der Waals surface area contributed by atoms with Crippen LogP contribution in [-0.2, 0) is 16.1 Å². The number of carboxylic acid groups (broad SMARTS) is 2. The first-order valence-corrected chi connectivity index (χ1v) is 11.0. The molecule has 2 aliphatic heterocycles. The molecule has 2 aromatic heterocycles. The van der Waals surface area contributed by atoms with Crippen molar-refractivity contribution in [1.29, 1.82) is 0 Å². The summed E-state index contributed by atoms with van der Waals surface area (Å²) in [6.45, 7) is 3.46. The Bertz CT molecular complexity index is 868. The summed E-state index contributed by atoms with van der Waals surface area (Å²) in [5.74, 6) is -5.51. The molecule has 4 rings (SSSR count). The number of alkyl halides is 6. The Kier molecular flexibility index (Phi) is 9.02.